The molecular formula is C13H7F5N2O. The number of anilines is 2. The molecule has 0 fully saturated rings. The molecule has 2 rings (SSSR count). The van der Waals surface area contributed by atoms with E-state index in [1.54, 1.807) is 5.32 Å². The van der Waals surface area contributed by atoms with E-state index in [-0.39, 0.29) is 11.3 Å². The lowest BCUT2D eigenvalue weighted by Crippen LogP contribution is -2.18. The smallest absolute Gasteiger partial charge is 0.257 e. The van der Waals surface area contributed by atoms with E-state index in [0.29, 0.717) is 0 Å². The molecule has 0 saturated heterocycles. The number of halogens is 5. The minimum atomic E-state index is -2.30. The lowest BCUT2D eigenvalue weighted by atomic mass is 10.1. The molecule has 3 N–H and O–H groups in total. The summed E-state index contributed by atoms with van der Waals surface area (Å²) in [5, 5.41) is 1.63. The SMILES string of the molecule is Nc1ccccc1C(=O)Nc1c(F)c(F)c(F)c(F)c1F. The predicted molar refractivity (Wildman–Crippen MR) is 65.0 cm³/mol. The van der Waals surface area contributed by atoms with Crippen molar-refractivity contribution < 1.29 is 26.7 Å². The number of hydrogen-bond donors (Lipinski definition) is 2. The van der Waals surface area contributed by atoms with Crippen LogP contribution in [0.3, 0.4) is 0 Å². The van der Waals surface area contributed by atoms with Crippen molar-refractivity contribution in [1.29, 1.82) is 0 Å². The van der Waals surface area contributed by atoms with E-state index in [0.717, 1.165) is 0 Å². The maximum atomic E-state index is 13.4. The highest BCUT2D eigenvalue weighted by atomic mass is 19.2. The monoisotopic (exact) mass is 302 g/mol. The predicted octanol–water partition coefficient (Wildman–Crippen LogP) is 3.22. The molecule has 0 heterocycles. The minimum absolute atomic E-state index is 0.0149. The summed E-state index contributed by atoms with van der Waals surface area (Å²) in [7, 11) is 0. The number of amides is 1. The van der Waals surface area contributed by atoms with E-state index in [1.165, 1.54) is 24.3 Å². The summed E-state index contributed by atoms with van der Waals surface area (Å²) in [6.07, 6.45) is 0. The third kappa shape index (κ3) is 2.51. The number of carbonyl (C=O) groups is 1. The van der Waals surface area contributed by atoms with Crippen molar-refractivity contribution in [1.82, 2.24) is 0 Å². The van der Waals surface area contributed by atoms with E-state index < -0.39 is 40.7 Å². The molecule has 21 heavy (non-hydrogen) atoms. The van der Waals surface area contributed by atoms with Gasteiger partial charge in [-0.3, -0.25) is 4.79 Å². The summed E-state index contributed by atoms with van der Waals surface area (Å²) in [5.74, 6) is -12.0. The van der Waals surface area contributed by atoms with Crippen LogP contribution in [0, 0.1) is 29.1 Å². The van der Waals surface area contributed by atoms with Crippen LogP contribution >= 0.6 is 0 Å². The van der Waals surface area contributed by atoms with Crippen LogP contribution in [0.15, 0.2) is 24.3 Å². The van der Waals surface area contributed by atoms with Crippen LogP contribution in [0.1, 0.15) is 10.4 Å². The molecule has 0 aromatic heterocycles. The molecule has 3 nitrogen and oxygen atoms in total. The maximum absolute atomic E-state index is 13.4. The Morgan fingerprint density at radius 3 is 1.86 bits per heavy atom. The molecule has 0 atom stereocenters. The fraction of sp³-hybridized carbons (Fsp3) is 0. The van der Waals surface area contributed by atoms with Gasteiger partial charge in [-0.15, -0.1) is 0 Å². The number of carbonyl (C=O) groups excluding carboxylic acids is 1. The second-order valence-electron chi connectivity index (χ2n) is 3.99. The topological polar surface area (TPSA) is 55.1 Å². The first-order valence-electron chi connectivity index (χ1n) is 5.52. The number of para-hydroxylation sites is 1. The Kier molecular flexibility index (Phi) is 3.79. The Morgan fingerprint density at radius 1 is 0.857 bits per heavy atom. The summed E-state index contributed by atoms with van der Waals surface area (Å²) in [6, 6.07) is 5.50. The molecule has 1 amide bonds. The van der Waals surface area contributed by atoms with Crippen LogP contribution < -0.4 is 11.1 Å². The highest BCUT2D eigenvalue weighted by Gasteiger charge is 2.27. The van der Waals surface area contributed by atoms with Gasteiger partial charge in [0.15, 0.2) is 23.3 Å². The molecule has 0 spiro atoms. The standard InChI is InChI=1S/C13H7F5N2O/c14-7-8(15)10(17)12(11(18)9(7)16)20-13(21)5-3-1-2-4-6(5)19/h1-4H,19H2,(H,20,21). The van der Waals surface area contributed by atoms with Crippen LogP contribution in [0.25, 0.3) is 0 Å². The number of hydrogen-bond acceptors (Lipinski definition) is 2. The first-order chi connectivity index (χ1) is 9.84. The van der Waals surface area contributed by atoms with Crippen LogP contribution in [0.4, 0.5) is 33.3 Å². The van der Waals surface area contributed by atoms with Crippen LogP contribution in [-0.4, -0.2) is 5.91 Å². The van der Waals surface area contributed by atoms with Crippen molar-refractivity contribution in [3.8, 4) is 0 Å². The van der Waals surface area contributed by atoms with Gasteiger partial charge in [-0.1, -0.05) is 12.1 Å². The van der Waals surface area contributed by atoms with Gasteiger partial charge in [0, 0.05) is 5.69 Å². The zero-order chi connectivity index (χ0) is 15.7. The first-order valence-corrected chi connectivity index (χ1v) is 5.52. The zero-order valence-electron chi connectivity index (χ0n) is 10.2. The number of nitrogens with one attached hydrogen (secondary N) is 1. The number of rotatable bonds is 2. The Bertz CT molecular complexity index is 704. The molecule has 110 valence electrons. The fourth-order valence-electron chi connectivity index (χ4n) is 1.60. The van der Waals surface area contributed by atoms with Gasteiger partial charge in [-0.05, 0) is 12.1 Å². The molecule has 0 unspecified atom stereocenters. The fourth-order valence-corrected chi connectivity index (χ4v) is 1.60. The molecule has 0 saturated carbocycles. The van der Waals surface area contributed by atoms with Crippen LogP contribution in [0.5, 0.6) is 0 Å². The first kappa shape index (κ1) is 14.8. The largest absolute Gasteiger partial charge is 0.398 e. The van der Waals surface area contributed by atoms with Gasteiger partial charge >= 0.3 is 0 Å². The highest BCUT2D eigenvalue weighted by Crippen LogP contribution is 2.27. The minimum Gasteiger partial charge on any atom is -0.398 e. The highest BCUT2D eigenvalue weighted by molar-refractivity contribution is 6.07. The third-order valence-corrected chi connectivity index (χ3v) is 2.65. The quantitative estimate of drug-likeness (QED) is 0.387. The summed E-state index contributed by atoms with van der Waals surface area (Å²) < 4.78 is 65.7. The third-order valence-electron chi connectivity index (χ3n) is 2.65. The molecule has 0 aliphatic heterocycles. The normalized spacial score (nSPS) is 10.5. The van der Waals surface area contributed by atoms with E-state index in [9.17, 15) is 26.7 Å². The number of benzene rings is 2. The van der Waals surface area contributed by atoms with Crippen molar-refractivity contribution in [3.63, 3.8) is 0 Å². The second kappa shape index (κ2) is 5.39. The average molecular weight is 302 g/mol. The van der Waals surface area contributed by atoms with Gasteiger partial charge in [0.25, 0.3) is 5.91 Å². The molecule has 0 aliphatic rings. The van der Waals surface area contributed by atoms with E-state index >= 15 is 0 Å². The van der Waals surface area contributed by atoms with Gasteiger partial charge in [-0.2, -0.15) is 0 Å². The Labute approximate surface area is 115 Å². The molecule has 2 aromatic rings. The molecule has 8 heteroatoms. The van der Waals surface area contributed by atoms with E-state index in [2.05, 4.69) is 0 Å². The lowest BCUT2D eigenvalue weighted by molar-refractivity contribution is 0.102. The lowest BCUT2D eigenvalue weighted by Gasteiger charge is -2.10. The van der Waals surface area contributed by atoms with Gasteiger partial charge in [0.2, 0.25) is 5.82 Å². The van der Waals surface area contributed by atoms with Crippen LogP contribution in [-0.2, 0) is 0 Å². The van der Waals surface area contributed by atoms with Gasteiger partial charge in [-0.25, -0.2) is 22.0 Å². The number of nitrogens with two attached hydrogens (primary N) is 1. The summed E-state index contributed by atoms with van der Waals surface area (Å²) in [4.78, 5) is 11.8. The van der Waals surface area contributed by atoms with Crippen molar-refractivity contribution in [2.45, 2.75) is 0 Å². The van der Waals surface area contributed by atoms with Crippen molar-refractivity contribution >= 4 is 17.3 Å². The second-order valence-corrected chi connectivity index (χ2v) is 3.99. The van der Waals surface area contributed by atoms with Gasteiger partial charge in [0.05, 0.1) is 5.56 Å². The Balaban J connectivity index is 2.46. The Morgan fingerprint density at radius 2 is 1.33 bits per heavy atom. The van der Waals surface area contributed by atoms with E-state index in [4.69, 9.17) is 5.73 Å². The molecule has 0 radical (unpaired) electrons. The zero-order valence-corrected chi connectivity index (χ0v) is 10.2. The van der Waals surface area contributed by atoms with Crippen LogP contribution in [0.2, 0.25) is 0 Å². The van der Waals surface area contributed by atoms with Crippen molar-refractivity contribution in [3.05, 3.63) is 58.9 Å². The average Bonchev–Trinajstić information content (AvgIpc) is 2.48. The van der Waals surface area contributed by atoms with Crippen molar-refractivity contribution in [2.24, 2.45) is 0 Å². The van der Waals surface area contributed by atoms with Crippen molar-refractivity contribution in [2.75, 3.05) is 11.1 Å². The Hall–Kier alpha value is -2.64. The summed E-state index contributed by atoms with van der Waals surface area (Å²) >= 11 is 0. The molecular weight excluding hydrogens is 295 g/mol. The van der Waals surface area contributed by atoms with E-state index in [1.807, 2.05) is 0 Å². The maximum Gasteiger partial charge on any atom is 0.257 e. The summed E-state index contributed by atoms with van der Waals surface area (Å²) in [6.45, 7) is 0. The molecule has 0 aliphatic carbocycles. The van der Waals surface area contributed by atoms with Gasteiger partial charge in [0.1, 0.15) is 5.69 Å². The van der Waals surface area contributed by atoms with Gasteiger partial charge < -0.3 is 11.1 Å². The molecule has 0 bridgehead atoms. The summed E-state index contributed by atoms with van der Waals surface area (Å²) in [5.41, 5.74) is 3.87. The molecule has 2 aromatic carbocycles. The number of nitrogen functional groups attached to an aromatic ring is 1.